The molecule has 1 heterocycles. The van der Waals surface area contributed by atoms with Gasteiger partial charge >= 0.3 is 12.0 Å². The minimum atomic E-state index is -1.02. The number of carbonyl (C=O) groups is 2. The quantitative estimate of drug-likeness (QED) is 0.771. The first-order valence-corrected chi connectivity index (χ1v) is 7.16. The number of carboxylic acids is 1. The van der Waals surface area contributed by atoms with Crippen LogP contribution in [0.5, 0.6) is 0 Å². The van der Waals surface area contributed by atoms with Crippen LogP contribution in [0, 0.1) is 0 Å². The van der Waals surface area contributed by atoms with Crippen LogP contribution >= 0.6 is 27.3 Å². The van der Waals surface area contributed by atoms with Gasteiger partial charge in [-0.3, -0.25) is 0 Å². The van der Waals surface area contributed by atoms with Crippen molar-refractivity contribution in [1.82, 2.24) is 10.6 Å². The van der Waals surface area contributed by atoms with E-state index in [4.69, 9.17) is 5.11 Å². The molecule has 0 bridgehead atoms. The average Bonchev–Trinajstić information content (AvgIpc) is 2.96. The molecule has 3 N–H and O–H groups in total. The molecule has 1 fully saturated rings. The summed E-state index contributed by atoms with van der Waals surface area (Å²) in [7, 11) is 0. The standard InChI is InChI=1S/C11H13BrN2O3S/c12-8-2-1-7(18-8)3-6-13-10(17)14-11(4-5-11)9(15)16/h1-2H,3-6H2,(H,15,16)(H2,13,14,17). The normalized spacial score (nSPS) is 16.1. The van der Waals surface area contributed by atoms with E-state index in [9.17, 15) is 9.59 Å². The Kier molecular flexibility index (Phi) is 3.91. The fourth-order valence-electron chi connectivity index (χ4n) is 1.56. The number of carboxylic acid groups (broad SMARTS) is 1. The summed E-state index contributed by atoms with van der Waals surface area (Å²) in [6.45, 7) is 0.495. The van der Waals surface area contributed by atoms with Gasteiger partial charge in [-0.15, -0.1) is 11.3 Å². The maximum absolute atomic E-state index is 11.5. The summed E-state index contributed by atoms with van der Waals surface area (Å²) in [5, 5.41) is 14.1. The number of rotatable bonds is 5. The largest absolute Gasteiger partial charge is 0.480 e. The summed E-state index contributed by atoms with van der Waals surface area (Å²) in [6, 6.07) is 3.54. The first-order valence-electron chi connectivity index (χ1n) is 5.55. The highest BCUT2D eigenvalue weighted by molar-refractivity contribution is 9.11. The molecule has 0 aliphatic heterocycles. The van der Waals surface area contributed by atoms with Gasteiger partial charge in [0.2, 0.25) is 0 Å². The van der Waals surface area contributed by atoms with E-state index in [0.717, 1.165) is 10.2 Å². The van der Waals surface area contributed by atoms with Crippen molar-refractivity contribution in [2.24, 2.45) is 0 Å². The predicted octanol–water partition coefficient (Wildman–Crippen LogP) is 1.97. The number of amides is 2. The molecule has 1 saturated carbocycles. The summed E-state index contributed by atoms with van der Waals surface area (Å²) in [5.41, 5.74) is -1.02. The van der Waals surface area contributed by atoms with Crippen molar-refractivity contribution < 1.29 is 14.7 Å². The lowest BCUT2D eigenvalue weighted by Crippen LogP contribution is -2.48. The maximum Gasteiger partial charge on any atom is 0.329 e. The fraction of sp³-hybridized carbons (Fsp3) is 0.455. The summed E-state index contributed by atoms with van der Waals surface area (Å²) in [6.07, 6.45) is 1.75. The lowest BCUT2D eigenvalue weighted by molar-refractivity contribution is -0.140. The van der Waals surface area contributed by atoms with Crippen LogP contribution in [0.25, 0.3) is 0 Å². The van der Waals surface area contributed by atoms with Crippen molar-refractivity contribution in [3.8, 4) is 0 Å². The lowest BCUT2D eigenvalue weighted by atomic mass is 10.3. The van der Waals surface area contributed by atoms with Crippen LogP contribution < -0.4 is 10.6 Å². The second-order valence-electron chi connectivity index (χ2n) is 4.22. The van der Waals surface area contributed by atoms with Crippen molar-refractivity contribution in [2.75, 3.05) is 6.54 Å². The van der Waals surface area contributed by atoms with E-state index in [1.54, 1.807) is 11.3 Å². The summed E-state index contributed by atoms with van der Waals surface area (Å²) in [4.78, 5) is 23.5. The molecule has 5 nitrogen and oxygen atoms in total. The SMILES string of the molecule is O=C(NCCc1ccc(Br)s1)NC1(C(=O)O)CC1. The third kappa shape index (κ3) is 3.23. The zero-order valence-electron chi connectivity index (χ0n) is 9.53. The van der Waals surface area contributed by atoms with Gasteiger partial charge in [0.1, 0.15) is 5.54 Å². The Labute approximate surface area is 117 Å². The van der Waals surface area contributed by atoms with Gasteiger partial charge in [-0.2, -0.15) is 0 Å². The molecule has 98 valence electrons. The van der Waals surface area contributed by atoms with Crippen LogP contribution in [0.1, 0.15) is 17.7 Å². The van der Waals surface area contributed by atoms with E-state index in [1.807, 2.05) is 12.1 Å². The van der Waals surface area contributed by atoms with Crippen LogP contribution in [-0.4, -0.2) is 29.2 Å². The van der Waals surface area contributed by atoms with E-state index in [2.05, 4.69) is 26.6 Å². The zero-order chi connectivity index (χ0) is 13.2. The number of nitrogens with one attached hydrogen (secondary N) is 2. The number of halogens is 1. The first-order chi connectivity index (χ1) is 8.52. The minimum Gasteiger partial charge on any atom is -0.480 e. The van der Waals surface area contributed by atoms with Crippen LogP contribution in [0.3, 0.4) is 0 Å². The van der Waals surface area contributed by atoms with E-state index < -0.39 is 17.5 Å². The Morgan fingerprint density at radius 1 is 1.44 bits per heavy atom. The van der Waals surface area contributed by atoms with Gasteiger partial charge in [-0.05, 0) is 47.3 Å². The average molecular weight is 333 g/mol. The number of hydrogen-bond donors (Lipinski definition) is 3. The van der Waals surface area contributed by atoms with E-state index in [1.165, 1.54) is 4.88 Å². The van der Waals surface area contributed by atoms with Gasteiger partial charge in [-0.1, -0.05) is 0 Å². The second kappa shape index (κ2) is 5.27. The van der Waals surface area contributed by atoms with Gasteiger partial charge in [0, 0.05) is 11.4 Å². The summed E-state index contributed by atoms with van der Waals surface area (Å²) in [5.74, 6) is -0.958. The molecule has 0 radical (unpaired) electrons. The number of urea groups is 1. The zero-order valence-corrected chi connectivity index (χ0v) is 11.9. The molecule has 0 aromatic carbocycles. The van der Waals surface area contributed by atoms with Gasteiger partial charge in [0.05, 0.1) is 3.79 Å². The number of hydrogen-bond acceptors (Lipinski definition) is 3. The van der Waals surface area contributed by atoms with Crippen molar-refractivity contribution in [1.29, 1.82) is 0 Å². The molecule has 1 aromatic heterocycles. The van der Waals surface area contributed by atoms with Crippen LogP contribution in [0.2, 0.25) is 0 Å². The van der Waals surface area contributed by atoms with Crippen molar-refractivity contribution in [3.05, 3.63) is 20.8 Å². The molecular formula is C11H13BrN2O3S. The Morgan fingerprint density at radius 3 is 2.67 bits per heavy atom. The Bertz CT molecular complexity index is 471. The maximum atomic E-state index is 11.5. The monoisotopic (exact) mass is 332 g/mol. The van der Waals surface area contributed by atoms with E-state index >= 15 is 0 Å². The van der Waals surface area contributed by atoms with Crippen molar-refractivity contribution in [3.63, 3.8) is 0 Å². The molecule has 1 aliphatic rings. The smallest absolute Gasteiger partial charge is 0.329 e. The molecule has 18 heavy (non-hydrogen) atoms. The lowest BCUT2D eigenvalue weighted by Gasteiger charge is -2.12. The van der Waals surface area contributed by atoms with Gasteiger partial charge in [-0.25, -0.2) is 9.59 Å². The van der Waals surface area contributed by atoms with Gasteiger partial charge in [0.25, 0.3) is 0 Å². The van der Waals surface area contributed by atoms with Gasteiger partial charge < -0.3 is 15.7 Å². The number of aliphatic carboxylic acids is 1. The Hall–Kier alpha value is -1.08. The molecule has 0 saturated heterocycles. The van der Waals surface area contributed by atoms with E-state index in [0.29, 0.717) is 19.4 Å². The molecule has 0 atom stereocenters. The van der Waals surface area contributed by atoms with Crippen LogP contribution in [-0.2, 0) is 11.2 Å². The number of carbonyl (C=O) groups excluding carboxylic acids is 1. The topological polar surface area (TPSA) is 78.4 Å². The molecule has 0 spiro atoms. The minimum absolute atomic E-state index is 0.412. The van der Waals surface area contributed by atoms with E-state index in [-0.39, 0.29) is 0 Å². The molecule has 2 rings (SSSR count). The second-order valence-corrected chi connectivity index (χ2v) is 6.77. The third-order valence-electron chi connectivity index (χ3n) is 2.80. The predicted molar refractivity (Wildman–Crippen MR) is 71.9 cm³/mol. The highest BCUT2D eigenvalue weighted by Crippen LogP contribution is 2.35. The van der Waals surface area contributed by atoms with Crippen LogP contribution in [0.15, 0.2) is 15.9 Å². The molecular weight excluding hydrogens is 320 g/mol. The van der Waals surface area contributed by atoms with Crippen LogP contribution in [0.4, 0.5) is 4.79 Å². The summed E-state index contributed by atoms with van der Waals surface area (Å²) < 4.78 is 1.06. The highest BCUT2D eigenvalue weighted by Gasteiger charge is 2.51. The van der Waals surface area contributed by atoms with Crippen molar-refractivity contribution in [2.45, 2.75) is 24.8 Å². The van der Waals surface area contributed by atoms with Gasteiger partial charge in [0.15, 0.2) is 0 Å². The Balaban J connectivity index is 1.71. The fourth-order valence-corrected chi connectivity index (χ4v) is 3.05. The molecule has 2 amide bonds. The Morgan fingerprint density at radius 2 is 2.17 bits per heavy atom. The molecule has 0 unspecified atom stereocenters. The highest BCUT2D eigenvalue weighted by atomic mass is 79.9. The third-order valence-corrected chi connectivity index (χ3v) is 4.48. The number of thiophene rings is 1. The molecule has 7 heteroatoms. The van der Waals surface area contributed by atoms with Crippen molar-refractivity contribution >= 4 is 39.3 Å². The molecule has 1 aromatic rings. The summed E-state index contributed by atoms with van der Waals surface area (Å²) >= 11 is 4.99. The molecule has 1 aliphatic carbocycles. The first kappa shape index (κ1) is 13.4.